The summed E-state index contributed by atoms with van der Waals surface area (Å²) < 4.78 is 33.2. The molecule has 10 heteroatoms. The topological polar surface area (TPSA) is 132 Å². The van der Waals surface area contributed by atoms with Crippen molar-refractivity contribution >= 4 is 13.8 Å². The summed E-state index contributed by atoms with van der Waals surface area (Å²) in [5.74, 6) is -0.400. The highest BCUT2D eigenvalue weighted by Gasteiger charge is 2.26. The number of hydrogen-bond acceptors (Lipinski definition) is 8. The number of carbonyl (C=O) groups is 1. The maximum atomic E-state index is 12.5. The summed E-state index contributed by atoms with van der Waals surface area (Å²) in [5, 5.41) is 18.3. The minimum Gasteiger partial charge on any atom is -0.457 e. The van der Waals surface area contributed by atoms with E-state index in [2.05, 4.69) is 50.3 Å². The Balaban J connectivity index is 4.22. The second-order valence-electron chi connectivity index (χ2n) is 12.6. The predicted molar refractivity (Wildman–Crippen MR) is 196 cm³/mol. The summed E-state index contributed by atoms with van der Waals surface area (Å²) in [7, 11) is -4.51. The third-order valence-corrected chi connectivity index (χ3v) is 8.73. The SMILES string of the molecule is CCC/C=C\CCCCCCCC(=O)OC(COCCCCCCCC/C=C\C/C=C\CCCCCC)COP(=O)(O)OCC(O)CO. The third kappa shape index (κ3) is 34.5. The van der Waals surface area contributed by atoms with Gasteiger partial charge in [-0.25, -0.2) is 4.57 Å². The lowest BCUT2D eigenvalue weighted by atomic mass is 10.1. The molecule has 0 aliphatic rings. The zero-order valence-corrected chi connectivity index (χ0v) is 31.3. The number of allylic oxidation sites excluding steroid dienone is 6. The number of aliphatic hydroxyl groups excluding tert-OH is 2. The second-order valence-corrected chi connectivity index (χ2v) is 14.0. The highest BCUT2D eigenvalue weighted by Crippen LogP contribution is 2.43. The molecular formula is C38H71O9P. The maximum Gasteiger partial charge on any atom is 0.472 e. The standard InChI is InChI=1S/C38H71O9P/c1-3-5-7-9-11-13-15-16-17-18-19-20-21-23-25-27-29-31-44-34-37(35-46-48(42,43)45-33-36(40)32-39)47-38(41)30-28-26-24-22-14-12-10-8-6-4-2/h8,10,13,15,17-18,36-37,39-40H,3-7,9,11-12,14,16,19-35H2,1-2H3,(H,42,43)/b10-8-,15-13-,18-17-. The van der Waals surface area contributed by atoms with Crippen LogP contribution in [0.15, 0.2) is 36.5 Å². The van der Waals surface area contributed by atoms with Crippen molar-refractivity contribution in [3.8, 4) is 0 Å². The van der Waals surface area contributed by atoms with Gasteiger partial charge in [-0.15, -0.1) is 0 Å². The van der Waals surface area contributed by atoms with Gasteiger partial charge >= 0.3 is 13.8 Å². The van der Waals surface area contributed by atoms with E-state index in [9.17, 15) is 19.4 Å². The van der Waals surface area contributed by atoms with Crippen LogP contribution in [0.4, 0.5) is 0 Å². The van der Waals surface area contributed by atoms with Gasteiger partial charge in [-0.3, -0.25) is 13.8 Å². The molecule has 0 aliphatic carbocycles. The van der Waals surface area contributed by atoms with Gasteiger partial charge in [-0.2, -0.15) is 0 Å². The quantitative estimate of drug-likeness (QED) is 0.0253. The molecule has 3 N–H and O–H groups in total. The van der Waals surface area contributed by atoms with Gasteiger partial charge in [0.05, 0.1) is 26.4 Å². The number of unbranched alkanes of at least 4 members (excludes halogenated alkanes) is 16. The van der Waals surface area contributed by atoms with Gasteiger partial charge in [0.25, 0.3) is 0 Å². The summed E-state index contributed by atoms with van der Waals surface area (Å²) in [5.41, 5.74) is 0. The Labute approximate surface area is 293 Å². The fourth-order valence-electron chi connectivity index (χ4n) is 4.86. The Kier molecular flexibility index (Phi) is 34.5. The minimum absolute atomic E-state index is 0.0386. The predicted octanol–water partition coefficient (Wildman–Crippen LogP) is 9.69. The van der Waals surface area contributed by atoms with Crippen LogP contribution in [0.1, 0.15) is 155 Å². The van der Waals surface area contributed by atoms with Crippen LogP contribution in [0.2, 0.25) is 0 Å². The summed E-state index contributed by atoms with van der Waals surface area (Å²) >= 11 is 0. The first kappa shape index (κ1) is 46.7. The van der Waals surface area contributed by atoms with Gasteiger partial charge < -0.3 is 24.6 Å². The first-order chi connectivity index (χ1) is 23.3. The lowest BCUT2D eigenvalue weighted by Gasteiger charge is -2.20. The van der Waals surface area contributed by atoms with Gasteiger partial charge in [0.2, 0.25) is 0 Å². The van der Waals surface area contributed by atoms with Crippen LogP contribution in [0.25, 0.3) is 0 Å². The molecule has 0 rings (SSSR count). The summed E-state index contributed by atoms with van der Waals surface area (Å²) in [6.45, 7) is 3.38. The molecule has 0 aromatic heterocycles. The molecule has 0 aromatic carbocycles. The number of hydrogen-bond donors (Lipinski definition) is 3. The normalized spacial score (nSPS) is 14.7. The van der Waals surface area contributed by atoms with E-state index in [0.29, 0.717) is 13.0 Å². The summed E-state index contributed by atoms with van der Waals surface area (Å²) in [6, 6.07) is 0. The van der Waals surface area contributed by atoms with Crippen molar-refractivity contribution in [1.29, 1.82) is 0 Å². The molecule has 0 aliphatic heterocycles. The number of rotatable bonds is 36. The van der Waals surface area contributed by atoms with E-state index >= 15 is 0 Å². The molecule has 0 bridgehead atoms. The summed E-state index contributed by atoms with van der Waals surface area (Å²) in [4.78, 5) is 22.4. The van der Waals surface area contributed by atoms with E-state index in [1.54, 1.807) is 0 Å². The number of aliphatic hydroxyl groups is 2. The second kappa shape index (κ2) is 35.5. The summed E-state index contributed by atoms with van der Waals surface area (Å²) in [6.07, 6.45) is 35.3. The molecule has 0 radical (unpaired) electrons. The van der Waals surface area contributed by atoms with Crippen molar-refractivity contribution in [1.82, 2.24) is 0 Å². The van der Waals surface area contributed by atoms with E-state index < -0.39 is 39.2 Å². The average Bonchev–Trinajstić information content (AvgIpc) is 3.07. The molecule has 0 fully saturated rings. The maximum absolute atomic E-state index is 12.5. The Morgan fingerprint density at radius 2 is 1.17 bits per heavy atom. The van der Waals surface area contributed by atoms with Crippen molar-refractivity contribution in [3.63, 3.8) is 0 Å². The van der Waals surface area contributed by atoms with Crippen LogP contribution in [0.5, 0.6) is 0 Å². The fourth-order valence-corrected chi connectivity index (χ4v) is 5.65. The van der Waals surface area contributed by atoms with Crippen molar-refractivity contribution in [2.75, 3.05) is 33.0 Å². The van der Waals surface area contributed by atoms with Crippen LogP contribution in [-0.2, 0) is 27.9 Å². The highest BCUT2D eigenvalue weighted by atomic mass is 31.2. The van der Waals surface area contributed by atoms with E-state index in [1.807, 2.05) is 0 Å². The van der Waals surface area contributed by atoms with Crippen LogP contribution in [0, 0.1) is 0 Å². The number of esters is 1. The highest BCUT2D eigenvalue weighted by molar-refractivity contribution is 7.47. The number of ether oxygens (including phenoxy) is 2. The van der Waals surface area contributed by atoms with E-state index in [4.69, 9.17) is 23.6 Å². The van der Waals surface area contributed by atoms with Crippen LogP contribution in [-0.4, -0.2) is 66.3 Å². The Bertz CT molecular complexity index is 846. The largest absolute Gasteiger partial charge is 0.472 e. The molecule has 3 atom stereocenters. The Morgan fingerprint density at radius 3 is 1.77 bits per heavy atom. The molecule has 9 nitrogen and oxygen atoms in total. The van der Waals surface area contributed by atoms with Gasteiger partial charge in [0.1, 0.15) is 12.2 Å². The van der Waals surface area contributed by atoms with Gasteiger partial charge in [-0.1, -0.05) is 121 Å². The molecule has 0 saturated heterocycles. The Hall–Kier alpha value is -1.32. The van der Waals surface area contributed by atoms with Crippen molar-refractivity contribution in [2.45, 2.75) is 167 Å². The van der Waals surface area contributed by atoms with E-state index in [1.165, 1.54) is 57.8 Å². The van der Waals surface area contributed by atoms with Crippen LogP contribution < -0.4 is 0 Å². The molecule has 0 saturated carbocycles. The first-order valence-electron chi connectivity index (χ1n) is 19.0. The molecule has 0 spiro atoms. The van der Waals surface area contributed by atoms with Crippen molar-refractivity contribution in [2.24, 2.45) is 0 Å². The minimum atomic E-state index is -4.51. The van der Waals surface area contributed by atoms with Crippen LogP contribution in [0.3, 0.4) is 0 Å². The van der Waals surface area contributed by atoms with Crippen LogP contribution >= 0.6 is 7.82 Å². The molecular weight excluding hydrogens is 631 g/mol. The number of phosphoric acid groups is 1. The van der Waals surface area contributed by atoms with Crippen molar-refractivity contribution < 1.29 is 43.0 Å². The van der Waals surface area contributed by atoms with Gasteiger partial charge in [0, 0.05) is 13.0 Å². The van der Waals surface area contributed by atoms with Gasteiger partial charge in [-0.05, 0) is 64.2 Å². The molecule has 282 valence electrons. The number of phosphoric ester groups is 1. The average molecular weight is 703 g/mol. The van der Waals surface area contributed by atoms with E-state index in [0.717, 1.165) is 70.6 Å². The lowest BCUT2D eigenvalue weighted by molar-refractivity contribution is -0.154. The Morgan fingerprint density at radius 1 is 0.646 bits per heavy atom. The molecule has 0 aromatic rings. The first-order valence-corrected chi connectivity index (χ1v) is 20.5. The number of carbonyl (C=O) groups excluding carboxylic acids is 1. The fraction of sp³-hybridized carbons (Fsp3) is 0.816. The monoisotopic (exact) mass is 702 g/mol. The smallest absolute Gasteiger partial charge is 0.457 e. The van der Waals surface area contributed by atoms with E-state index in [-0.39, 0.29) is 19.6 Å². The zero-order valence-electron chi connectivity index (χ0n) is 30.4. The lowest BCUT2D eigenvalue weighted by Crippen LogP contribution is -2.29. The van der Waals surface area contributed by atoms with Crippen molar-refractivity contribution in [3.05, 3.63) is 36.5 Å². The third-order valence-electron chi connectivity index (χ3n) is 7.78. The van der Waals surface area contributed by atoms with Gasteiger partial charge in [0.15, 0.2) is 0 Å². The molecule has 3 unspecified atom stereocenters. The molecule has 48 heavy (non-hydrogen) atoms. The zero-order chi connectivity index (χ0) is 35.4. The molecule has 0 heterocycles. The molecule has 0 amide bonds.